The van der Waals surface area contributed by atoms with Crippen LogP contribution in [0.5, 0.6) is 5.75 Å². The smallest absolute Gasteiger partial charge is 0.349 e. The summed E-state index contributed by atoms with van der Waals surface area (Å²) in [6.07, 6.45) is 0. The van der Waals surface area contributed by atoms with E-state index in [9.17, 15) is 9.59 Å². The molecule has 0 unspecified atom stereocenters. The van der Waals surface area contributed by atoms with E-state index in [2.05, 4.69) is 20.2 Å². The first-order valence-corrected chi connectivity index (χ1v) is 9.61. The van der Waals surface area contributed by atoms with E-state index in [-0.39, 0.29) is 12.1 Å². The Balaban J connectivity index is 1.53. The number of carbonyl (C=O) groups is 1. The molecule has 0 atom stereocenters. The summed E-state index contributed by atoms with van der Waals surface area (Å²) in [5.74, 6) is 1.15. The number of aryl methyl sites for hydroxylation is 1. The molecule has 0 spiro atoms. The van der Waals surface area contributed by atoms with Crippen LogP contribution in [-0.4, -0.2) is 49.3 Å². The predicted octanol–water partition coefficient (Wildman–Crippen LogP) is 1.67. The molecule has 0 bridgehead atoms. The first-order chi connectivity index (χ1) is 14.5. The molecule has 1 aliphatic rings. The molecule has 9 nitrogen and oxygen atoms in total. The number of nitrogens with one attached hydrogen (secondary N) is 1. The van der Waals surface area contributed by atoms with Gasteiger partial charge in [-0.25, -0.2) is 14.8 Å². The molecule has 3 aromatic rings. The van der Waals surface area contributed by atoms with Gasteiger partial charge in [0.05, 0.1) is 26.9 Å². The van der Waals surface area contributed by atoms with Gasteiger partial charge in [-0.15, -0.1) is 0 Å². The zero-order chi connectivity index (χ0) is 21.1. The van der Waals surface area contributed by atoms with Crippen LogP contribution in [0.2, 0.25) is 0 Å². The fraction of sp³-hybridized carbons (Fsp3) is 0.333. The monoisotopic (exact) mass is 410 g/mol. The molecular weight excluding hydrogens is 388 g/mol. The van der Waals surface area contributed by atoms with E-state index in [1.54, 1.807) is 18.2 Å². The summed E-state index contributed by atoms with van der Waals surface area (Å²) < 4.78 is 15.9. The fourth-order valence-electron chi connectivity index (χ4n) is 3.34. The average Bonchev–Trinajstić information content (AvgIpc) is 2.77. The summed E-state index contributed by atoms with van der Waals surface area (Å²) >= 11 is 0. The molecule has 2 aromatic heterocycles. The molecule has 0 aliphatic carbocycles. The molecule has 1 N–H and O–H groups in total. The number of benzene rings is 1. The van der Waals surface area contributed by atoms with Crippen LogP contribution in [0.4, 0.5) is 5.82 Å². The number of para-hydroxylation sites is 1. The van der Waals surface area contributed by atoms with E-state index >= 15 is 0 Å². The summed E-state index contributed by atoms with van der Waals surface area (Å²) in [4.78, 5) is 36.0. The van der Waals surface area contributed by atoms with Crippen molar-refractivity contribution in [2.24, 2.45) is 0 Å². The summed E-state index contributed by atoms with van der Waals surface area (Å²) in [5, 5.41) is 3.31. The highest BCUT2D eigenvalue weighted by atomic mass is 16.5. The van der Waals surface area contributed by atoms with E-state index in [1.807, 2.05) is 13.0 Å². The topological polar surface area (TPSA) is 107 Å². The molecule has 1 fully saturated rings. The number of fused-ring (bicyclic) bond motifs is 1. The number of carbonyl (C=O) groups excluding carboxylic acids is 1. The van der Waals surface area contributed by atoms with Crippen molar-refractivity contribution in [3.05, 3.63) is 57.8 Å². The van der Waals surface area contributed by atoms with Crippen LogP contribution >= 0.6 is 0 Å². The third kappa shape index (κ3) is 4.11. The molecule has 0 saturated carbocycles. The maximum absolute atomic E-state index is 12.6. The van der Waals surface area contributed by atoms with Gasteiger partial charge in [0.25, 0.3) is 5.91 Å². The third-order valence-electron chi connectivity index (χ3n) is 4.82. The average molecular weight is 410 g/mol. The number of amides is 1. The molecule has 1 amide bonds. The van der Waals surface area contributed by atoms with Gasteiger partial charge in [-0.05, 0) is 19.1 Å². The maximum atomic E-state index is 12.6. The van der Waals surface area contributed by atoms with Crippen molar-refractivity contribution < 1.29 is 18.7 Å². The Morgan fingerprint density at radius 3 is 2.80 bits per heavy atom. The summed E-state index contributed by atoms with van der Waals surface area (Å²) in [7, 11) is 1.49. The minimum Gasteiger partial charge on any atom is -0.493 e. The lowest BCUT2D eigenvalue weighted by Crippen LogP contribution is -2.37. The number of hydrogen-bond acceptors (Lipinski definition) is 8. The highest BCUT2D eigenvalue weighted by molar-refractivity contribution is 5.97. The molecule has 0 radical (unpaired) electrons. The van der Waals surface area contributed by atoms with Crippen molar-refractivity contribution in [3.8, 4) is 5.75 Å². The Morgan fingerprint density at radius 1 is 1.23 bits per heavy atom. The number of hydrogen-bond donors (Lipinski definition) is 1. The van der Waals surface area contributed by atoms with Crippen LogP contribution in [0, 0.1) is 6.92 Å². The number of anilines is 1. The summed E-state index contributed by atoms with van der Waals surface area (Å²) in [5.41, 5.74) is 0.284. The van der Waals surface area contributed by atoms with Crippen LogP contribution < -0.4 is 20.6 Å². The van der Waals surface area contributed by atoms with Crippen molar-refractivity contribution in [1.29, 1.82) is 0 Å². The van der Waals surface area contributed by atoms with Gasteiger partial charge in [0.15, 0.2) is 11.3 Å². The second-order valence-corrected chi connectivity index (χ2v) is 6.89. The number of aromatic nitrogens is 2. The SMILES string of the molecule is COc1cccc2cc(C(=O)NCc3nc(C)cc(N4CCOCC4)n3)c(=O)oc12. The normalized spacial score (nSPS) is 14.0. The van der Waals surface area contributed by atoms with Crippen LogP contribution in [0.3, 0.4) is 0 Å². The van der Waals surface area contributed by atoms with Crippen LogP contribution in [-0.2, 0) is 11.3 Å². The molecule has 156 valence electrons. The Labute approximate surface area is 172 Å². The highest BCUT2D eigenvalue weighted by Gasteiger charge is 2.17. The van der Waals surface area contributed by atoms with Gasteiger partial charge in [-0.2, -0.15) is 0 Å². The van der Waals surface area contributed by atoms with E-state index < -0.39 is 11.5 Å². The first kappa shape index (κ1) is 19.8. The van der Waals surface area contributed by atoms with Crippen LogP contribution in [0.25, 0.3) is 11.0 Å². The molecule has 30 heavy (non-hydrogen) atoms. The van der Waals surface area contributed by atoms with Gasteiger partial charge >= 0.3 is 5.63 Å². The maximum Gasteiger partial charge on any atom is 0.349 e. The van der Waals surface area contributed by atoms with Crippen molar-refractivity contribution in [3.63, 3.8) is 0 Å². The lowest BCUT2D eigenvalue weighted by atomic mass is 10.1. The van der Waals surface area contributed by atoms with Gasteiger partial charge in [0, 0.05) is 30.2 Å². The lowest BCUT2D eigenvalue weighted by molar-refractivity contribution is 0.0946. The Hall–Kier alpha value is -3.46. The fourth-order valence-corrected chi connectivity index (χ4v) is 3.34. The molecule has 3 heterocycles. The van der Waals surface area contributed by atoms with Crippen LogP contribution in [0.1, 0.15) is 21.9 Å². The molecule has 1 saturated heterocycles. The quantitative estimate of drug-likeness (QED) is 0.633. The highest BCUT2D eigenvalue weighted by Crippen LogP contribution is 2.24. The van der Waals surface area contributed by atoms with Crippen molar-refractivity contribution >= 4 is 22.7 Å². The minimum atomic E-state index is -0.733. The molecule has 1 aromatic carbocycles. The number of methoxy groups -OCH3 is 1. The van der Waals surface area contributed by atoms with Gasteiger partial charge < -0.3 is 24.1 Å². The minimum absolute atomic E-state index is 0.0863. The number of nitrogens with zero attached hydrogens (tertiary/aromatic N) is 3. The Morgan fingerprint density at radius 2 is 2.03 bits per heavy atom. The van der Waals surface area contributed by atoms with Gasteiger partial charge in [-0.3, -0.25) is 4.79 Å². The number of morpholine rings is 1. The lowest BCUT2D eigenvalue weighted by Gasteiger charge is -2.28. The number of rotatable bonds is 5. The Bertz CT molecular complexity index is 1140. The second-order valence-electron chi connectivity index (χ2n) is 6.89. The summed E-state index contributed by atoms with van der Waals surface area (Å²) in [6, 6.07) is 8.59. The molecular formula is C21H22N4O5. The van der Waals surface area contributed by atoms with E-state index in [4.69, 9.17) is 13.9 Å². The number of ether oxygens (including phenoxy) is 2. The zero-order valence-electron chi connectivity index (χ0n) is 16.8. The molecule has 1 aliphatic heterocycles. The largest absolute Gasteiger partial charge is 0.493 e. The van der Waals surface area contributed by atoms with Gasteiger partial charge in [-0.1, -0.05) is 12.1 Å². The van der Waals surface area contributed by atoms with E-state index in [1.165, 1.54) is 13.2 Å². The van der Waals surface area contributed by atoms with E-state index in [0.717, 1.165) is 24.6 Å². The Kier molecular flexibility index (Phi) is 5.62. The van der Waals surface area contributed by atoms with Gasteiger partial charge in [0.1, 0.15) is 17.2 Å². The van der Waals surface area contributed by atoms with Crippen LogP contribution in [0.15, 0.2) is 39.5 Å². The van der Waals surface area contributed by atoms with Crippen molar-refractivity contribution in [2.75, 3.05) is 38.3 Å². The molecule has 4 rings (SSSR count). The van der Waals surface area contributed by atoms with E-state index in [0.29, 0.717) is 35.8 Å². The van der Waals surface area contributed by atoms with Gasteiger partial charge in [0.2, 0.25) is 0 Å². The standard InChI is InChI=1S/C21H22N4O5/c1-13-10-18(25-6-8-29-9-7-25)24-17(23-13)12-22-20(26)15-11-14-4-3-5-16(28-2)19(14)30-21(15)27/h3-5,10-11H,6-9,12H2,1-2H3,(H,22,26). The predicted molar refractivity (Wildman–Crippen MR) is 110 cm³/mol. The zero-order valence-corrected chi connectivity index (χ0v) is 16.8. The first-order valence-electron chi connectivity index (χ1n) is 9.61. The van der Waals surface area contributed by atoms with Crippen molar-refractivity contribution in [2.45, 2.75) is 13.5 Å². The van der Waals surface area contributed by atoms with Crippen molar-refractivity contribution in [1.82, 2.24) is 15.3 Å². The second kappa shape index (κ2) is 8.50. The third-order valence-corrected chi connectivity index (χ3v) is 4.82. The molecule has 9 heteroatoms. The summed E-state index contributed by atoms with van der Waals surface area (Å²) in [6.45, 7) is 4.78.